The summed E-state index contributed by atoms with van der Waals surface area (Å²) in [6.45, 7) is 0. The number of benzene rings is 4. The van der Waals surface area contributed by atoms with Gasteiger partial charge in [0.1, 0.15) is 11.6 Å². The van der Waals surface area contributed by atoms with E-state index >= 15 is 0 Å². The topological polar surface area (TPSA) is 0 Å². The van der Waals surface area contributed by atoms with E-state index in [2.05, 4.69) is 0 Å². The third-order valence-electron chi connectivity index (χ3n) is 3.46. The molecule has 0 radical (unpaired) electrons. The van der Waals surface area contributed by atoms with Gasteiger partial charge in [0.2, 0.25) is 0 Å². The first-order valence-corrected chi connectivity index (χ1v) is 5.76. The van der Waals surface area contributed by atoms with E-state index in [1.165, 1.54) is 24.3 Å². The Kier molecular flexibility index (Phi) is 1.72. The minimum absolute atomic E-state index is 0.243. The highest BCUT2D eigenvalue weighted by Crippen LogP contribution is 2.35. The van der Waals surface area contributed by atoms with E-state index in [4.69, 9.17) is 0 Å². The summed E-state index contributed by atoms with van der Waals surface area (Å²) in [5.41, 5.74) is 0. The fourth-order valence-electron chi connectivity index (χ4n) is 2.76. The highest BCUT2D eigenvalue weighted by atomic mass is 19.1. The van der Waals surface area contributed by atoms with Crippen LogP contribution in [0.2, 0.25) is 0 Å². The summed E-state index contributed by atoms with van der Waals surface area (Å²) in [4.78, 5) is 0. The second-order valence-electron chi connectivity index (χ2n) is 4.59. The molecule has 0 atom stereocenters. The molecule has 86 valence electrons. The molecular formula is C16H8F2. The molecule has 0 N–H and O–H groups in total. The summed E-state index contributed by atoms with van der Waals surface area (Å²) >= 11 is 0. The quantitative estimate of drug-likeness (QED) is 0.384. The average molecular weight is 238 g/mol. The van der Waals surface area contributed by atoms with Crippen LogP contribution in [0.15, 0.2) is 48.5 Å². The van der Waals surface area contributed by atoms with Gasteiger partial charge in [-0.25, -0.2) is 8.78 Å². The monoisotopic (exact) mass is 238 g/mol. The molecule has 0 nitrogen and oxygen atoms in total. The lowest BCUT2D eigenvalue weighted by molar-refractivity contribution is 0.630. The molecule has 0 amide bonds. The summed E-state index contributed by atoms with van der Waals surface area (Å²) in [6.07, 6.45) is 0. The van der Waals surface area contributed by atoms with Crippen LogP contribution < -0.4 is 0 Å². The van der Waals surface area contributed by atoms with Crippen molar-refractivity contribution in [1.82, 2.24) is 0 Å². The molecule has 0 bridgehead atoms. The van der Waals surface area contributed by atoms with Crippen molar-refractivity contribution in [3.63, 3.8) is 0 Å². The van der Waals surface area contributed by atoms with Gasteiger partial charge < -0.3 is 0 Å². The van der Waals surface area contributed by atoms with Gasteiger partial charge in [-0.05, 0) is 56.6 Å². The molecule has 0 aliphatic rings. The minimum atomic E-state index is -0.243. The van der Waals surface area contributed by atoms with Crippen molar-refractivity contribution in [1.29, 1.82) is 0 Å². The Morgan fingerprint density at radius 1 is 0.500 bits per heavy atom. The van der Waals surface area contributed by atoms with E-state index in [1.807, 2.05) is 24.3 Å². The average Bonchev–Trinajstić information content (AvgIpc) is 2.34. The van der Waals surface area contributed by atoms with E-state index in [0.717, 1.165) is 32.3 Å². The molecule has 4 aromatic rings. The molecule has 4 rings (SSSR count). The highest BCUT2D eigenvalue weighted by Gasteiger charge is 2.10. The first kappa shape index (κ1) is 9.77. The zero-order valence-corrected chi connectivity index (χ0v) is 9.37. The van der Waals surface area contributed by atoms with E-state index in [0.29, 0.717) is 0 Å². The molecule has 0 heterocycles. The Morgan fingerprint density at radius 2 is 0.778 bits per heavy atom. The Bertz CT molecular complexity index is 752. The van der Waals surface area contributed by atoms with E-state index in [1.54, 1.807) is 0 Å². The smallest absolute Gasteiger partial charge is 0.124 e. The van der Waals surface area contributed by atoms with Crippen LogP contribution in [0.25, 0.3) is 32.3 Å². The fraction of sp³-hybridized carbons (Fsp3) is 0. The summed E-state index contributed by atoms with van der Waals surface area (Å²) < 4.78 is 27.0. The van der Waals surface area contributed by atoms with Crippen LogP contribution in [0.1, 0.15) is 0 Å². The van der Waals surface area contributed by atoms with Gasteiger partial charge in [-0.3, -0.25) is 0 Å². The highest BCUT2D eigenvalue weighted by molar-refractivity contribution is 6.22. The lowest BCUT2D eigenvalue weighted by Gasteiger charge is -2.10. The summed E-state index contributed by atoms with van der Waals surface area (Å²) in [5, 5.41) is 5.44. The van der Waals surface area contributed by atoms with Crippen LogP contribution in [-0.4, -0.2) is 0 Å². The maximum absolute atomic E-state index is 13.5. The molecule has 0 spiro atoms. The van der Waals surface area contributed by atoms with Crippen LogP contribution in [-0.2, 0) is 0 Å². The van der Waals surface area contributed by atoms with Crippen molar-refractivity contribution < 1.29 is 8.78 Å². The molecule has 0 aromatic heterocycles. The van der Waals surface area contributed by atoms with Crippen molar-refractivity contribution in [2.24, 2.45) is 0 Å². The lowest BCUT2D eigenvalue weighted by atomic mass is 9.94. The molecular weight excluding hydrogens is 230 g/mol. The first-order valence-electron chi connectivity index (χ1n) is 5.76. The zero-order valence-electron chi connectivity index (χ0n) is 9.37. The largest absolute Gasteiger partial charge is 0.207 e. The molecule has 18 heavy (non-hydrogen) atoms. The maximum Gasteiger partial charge on any atom is 0.124 e. The molecule has 0 aliphatic heterocycles. The molecule has 2 heteroatoms. The normalized spacial score (nSPS) is 11.9. The fourth-order valence-corrected chi connectivity index (χ4v) is 2.76. The zero-order chi connectivity index (χ0) is 12.3. The lowest BCUT2D eigenvalue weighted by Crippen LogP contribution is -1.86. The second kappa shape index (κ2) is 3.16. The summed E-state index contributed by atoms with van der Waals surface area (Å²) in [7, 11) is 0. The molecule has 0 aliphatic carbocycles. The van der Waals surface area contributed by atoms with Crippen LogP contribution in [0.5, 0.6) is 0 Å². The van der Waals surface area contributed by atoms with Crippen molar-refractivity contribution >= 4 is 32.3 Å². The van der Waals surface area contributed by atoms with Crippen LogP contribution in [0.4, 0.5) is 8.78 Å². The Labute approximate surface area is 102 Å². The molecule has 0 saturated heterocycles. The van der Waals surface area contributed by atoms with Gasteiger partial charge in [-0.15, -0.1) is 0 Å². The molecule has 4 aromatic carbocycles. The number of rotatable bonds is 0. The van der Waals surface area contributed by atoms with Crippen molar-refractivity contribution in [3.8, 4) is 0 Å². The predicted octanol–water partition coefficient (Wildman–Crippen LogP) is 4.86. The van der Waals surface area contributed by atoms with Crippen molar-refractivity contribution in [2.45, 2.75) is 0 Å². The van der Waals surface area contributed by atoms with Gasteiger partial charge in [0.15, 0.2) is 0 Å². The van der Waals surface area contributed by atoms with Crippen molar-refractivity contribution in [3.05, 3.63) is 60.2 Å². The SMILES string of the molecule is Fc1cc2ccc3cc(F)cc4ccc(c1)c2c34. The standard InChI is InChI=1S/C16H8F2/c17-13-5-9-1-2-10-6-14(18)8-12-4-3-11(7-13)15(9)16(10)12/h1-8H. The third-order valence-corrected chi connectivity index (χ3v) is 3.46. The minimum Gasteiger partial charge on any atom is -0.207 e. The summed E-state index contributed by atoms with van der Waals surface area (Å²) in [5.74, 6) is -0.487. The first-order chi connectivity index (χ1) is 8.72. The second-order valence-corrected chi connectivity index (χ2v) is 4.59. The van der Waals surface area contributed by atoms with E-state index in [-0.39, 0.29) is 11.6 Å². The van der Waals surface area contributed by atoms with Gasteiger partial charge in [-0.1, -0.05) is 24.3 Å². The number of halogens is 2. The Balaban J connectivity index is 2.41. The van der Waals surface area contributed by atoms with E-state index < -0.39 is 0 Å². The van der Waals surface area contributed by atoms with Gasteiger partial charge in [0.05, 0.1) is 0 Å². The van der Waals surface area contributed by atoms with Gasteiger partial charge in [0.25, 0.3) is 0 Å². The van der Waals surface area contributed by atoms with Gasteiger partial charge in [0, 0.05) is 0 Å². The van der Waals surface area contributed by atoms with Crippen LogP contribution >= 0.6 is 0 Å². The van der Waals surface area contributed by atoms with Crippen LogP contribution in [0, 0.1) is 11.6 Å². The molecule has 0 saturated carbocycles. The number of hydrogen-bond donors (Lipinski definition) is 0. The Hall–Kier alpha value is -2.22. The van der Waals surface area contributed by atoms with Crippen LogP contribution in [0.3, 0.4) is 0 Å². The van der Waals surface area contributed by atoms with Gasteiger partial charge in [-0.2, -0.15) is 0 Å². The van der Waals surface area contributed by atoms with Gasteiger partial charge >= 0.3 is 0 Å². The maximum atomic E-state index is 13.5. The van der Waals surface area contributed by atoms with E-state index in [9.17, 15) is 8.78 Å². The van der Waals surface area contributed by atoms with Crippen molar-refractivity contribution in [2.75, 3.05) is 0 Å². The number of hydrogen-bond acceptors (Lipinski definition) is 0. The third kappa shape index (κ3) is 1.17. The summed E-state index contributed by atoms with van der Waals surface area (Å²) in [6, 6.07) is 13.4. The Morgan fingerprint density at radius 3 is 1.06 bits per heavy atom. The predicted molar refractivity (Wildman–Crippen MR) is 70.1 cm³/mol. The molecule has 0 unspecified atom stereocenters. The molecule has 0 fully saturated rings.